The van der Waals surface area contributed by atoms with Gasteiger partial charge in [-0.2, -0.15) is 4.98 Å². The van der Waals surface area contributed by atoms with E-state index >= 15 is 0 Å². The minimum atomic E-state index is -0.398. The van der Waals surface area contributed by atoms with Crippen LogP contribution in [-0.4, -0.2) is 16.0 Å². The van der Waals surface area contributed by atoms with Gasteiger partial charge in [0.1, 0.15) is 6.04 Å². The number of nitrogens with one attached hydrogen (secondary N) is 1. The molecule has 2 atom stereocenters. The molecule has 1 N–H and O–H groups in total. The Bertz CT molecular complexity index is 921. The lowest BCUT2D eigenvalue weighted by Crippen LogP contribution is -2.33. The number of amides is 1. The highest BCUT2D eigenvalue weighted by Gasteiger charge is 2.27. The first kappa shape index (κ1) is 19.1. The summed E-state index contributed by atoms with van der Waals surface area (Å²) in [6.07, 6.45) is 0.843. The predicted octanol–water partition coefficient (Wildman–Crippen LogP) is 5.22. The number of halogens is 1. The molecule has 3 rings (SSSR count). The van der Waals surface area contributed by atoms with Gasteiger partial charge < -0.3 is 9.84 Å². The maximum Gasteiger partial charge on any atom is 0.253 e. The Kier molecular flexibility index (Phi) is 5.91. The largest absolute Gasteiger partial charge is 0.340 e. The van der Waals surface area contributed by atoms with Gasteiger partial charge in [-0.15, -0.1) is 0 Å². The monoisotopic (exact) mass is 383 g/mol. The van der Waals surface area contributed by atoms with E-state index in [1.54, 1.807) is 24.3 Å². The summed E-state index contributed by atoms with van der Waals surface area (Å²) in [5.41, 5.74) is 2.45. The van der Waals surface area contributed by atoms with Gasteiger partial charge in [0.2, 0.25) is 11.7 Å². The van der Waals surface area contributed by atoms with Crippen LogP contribution in [0, 0.1) is 12.8 Å². The molecule has 0 radical (unpaired) electrons. The molecule has 5 nitrogen and oxygen atoms in total. The van der Waals surface area contributed by atoms with Crippen LogP contribution in [0.3, 0.4) is 0 Å². The molecule has 0 bridgehead atoms. The van der Waals surface area contributed by atoms with Gasteiger partial charge in [-0.05, 0) is 25.0 Å². The van der Waals surface area contributed by atoms with E-state index in [0.29, 0.717) is 22.3 Å². The summed E-state index contributed by atoms with van der Waals surface area (Å²) in [6, 6.07) is 14.4. The van der Waals surface area contributed by atoms with Crippen molar-refractivity contribution in [2.75, 3.05) is 0 Å². The zero-order valence-electron chi connectivity index (χ0n) is 15.6. The Balaban J connectivity index is 1.86. The van der Waals surface area contributed by atoms with Crippen molar-refractivity contribution < 1.29 is 9.32 Å². The van der Waals surface area contributed by atoms with E-state index in [1.165, 1.54) is 0 Å². The molecule has 0 saturated carbocycles. The molecule has 1 aromatic heterocycles. The molecule has 0 unspecified atom stereocenters. The second kappa shape index (κ2) is 8.35. The minimum Gasteiger partial charge on any atom is -0.340 e. The van der Waals surface area contributed by atoms with Crippen LogP contribution in [0.1, 0.15) is 48.1 Å². The first-order valence-corrected chi connectivity index (χ1v) is 9.33. The maximum atomic E-state index is 12.7. The number of nitrogens with zero attached hydrogens (tertiary/aromatic N) is 2. The van der Waals surface area contributed by atoms with E-state index < -0.39 is 6.04 Å². The Hall–Kier alpha value is -2.66. The van der Waals surface area contributed by atoms with Gasteiger partial charge in [0.05, 0.1) is 10.6 Å². The molecule has 0 saturated heterocycles. The third-order valence-corrected chi connectivity index (χ3v) is 4.97. The van der Waals surface area contributed by atoms with Crippen LogP contribution in [0.15, 0.2) is 53.1 Å². The molecule has 3 aromatic rings. The van der Waals surface area contributed by atoms with Crippen molar-refractivity contribution >= 4 is 17.5 Å². The summed E-state index contributed by atoms with van der Waals surface area (Å²) in [5.74, 6) is 0.745. The molecular weight excluding hydrogens is 362 g/mol. The highest BCUT2D eigenvalue weighted by molar-refractivity contribution is 6.33. The normalized spacial score (nSPS) is 13.2. The van der Waals surface area contributed by atoms with E-state index in [0.717, 1.165) is 17.5 Å². The molecule has 6 heteroatoms. The zero-order valence-corrected chi connectivity index (χ0v) is 16.3. The number of carbonyl (C=O) groups excluding carboxylic acids is 1. The van der Waals surface area contributed by atoms with Gasteiger partial charge in [0.15, 0.2) is 0 Å². The summed E-state index contributed by atoms with van der Waals surface area (Å²) in [4.78, 5) is 17.2. The number of carbonyl (C=O) groups is 1. The summed E-state index contributed by atoms with van der Waals surface area (Å²) >= 11 is 6.15. The van der Waals surface area contributed by atoms with E-state index in [9.17, 15) is 4.79 Å². The molecule has 1 heterocycles. The van der Waals surface area contributed by atoms with Gasteiger partial charge >= 0.3 is 0 Å². The van der Waals surface area contributed by atoms with Crippen LogP contribution in [0.4, 0.5) is 0 Å². The summed E-state index contributed by atoms with van der Waals surface area (Å²) in [5, 5.41) is 7.49. The van der Waals surface area contributed by atoms with Gasteiger partial charge in [0, 0.05) is 5.56 Å². The number of hydrogen-bond acceptors (Lipinski definition) is 4. The van der Waals surface area contributed by atoms with Gasteiger partial charge in [-0.3, -0.25) is 4.79 Å². The SMILES string of the molecule is CC[C@@H](C)[C@@H](NC(=O)c1ccccc1Cl)c1nc(-c2ccc(C)cc2)no1. The lowest BCUT2D eigenvalue weighted by Gasteiger charge is -2.21. The van der Waals surface area contributed by atoms with E-state index in [4.69, 9.17) is 16.1 Å². The van der Waals surface area contributed by atoms with Crippen LogP contribution < -0.4 is 5.32 Å². The maximum absolute atomic E-state index is 12.7. The first-order chi connectivity index (χ1) is 13.0. The van der Waals surface area contributed by atoms with Gasteiger partial charge in [-0.1, -0.05) is 79.0 Å². The molecule has 140 valence electrons. The van der Waals surface area contributed by atoms with Crippen molar-refractivity contribution in [2.24, 2.45) is 5.92 Å². The van der Waals surface area contributed by atoms with Crippen LogP contribution in [-0.2, 0) is 0 Å². The Morgan fingerprint density at radius 3 is 2.56 bits per heavy atom. The summed E-state index contributed by atoms with van der Waals surface area (Å²) < 4.78 is 5.49. The molecule has 0 aliphatic carbocycles. The lowest BCUT2D eigenvalue weighted by atomic mass is 9.98. The highest BCUT2D eigenvalue weighted by atomic mass is 35.5. The standard InChI is InChI=1S/C21H22ClN3O2/c1-4-14(3)18(23-20(26)16-7-5-6-8-17(16)22)21-24-19(25-27-21)15-11-9-13(2)10-12-15/h5-12,14,18H,4H2,1-3H3,(H,23,26)/t14-,18-/m1/s1. The molecule has 1 amide bonds. The van der Waals surface area contributed by atoms with E-state index in [2.05, 4.69) is 22.4 Å². The first-order valence-electron chi connectivity index (χ1n) is 8.95. The second-order valence-corrected chi connectivity index (χ2v) is 7.05. The van der Waals surface area contributed by atoms with Crippen molar-refractivity contribution in [3.8, 4) is 11.4 Å². The second-order valence-electron chi connectivity index (χ2n) is 6.64. The van der Waals surface area contributed by atoms with Crippen molar-refractivity contribution in [3.05, 3.63) is 70.6 Å². The fourth-order valence-electron chi connectivity index (χ4n) is 2.73. The predicted molar refractivity (Wildman–Crippen MR) is 106 cm³/mol. The van der Waals surface area contributed by atoms with Crippen molar-refractivity contribution in [1.29, 1.82) is 0 Å². The average Bonchev–Trinajstić information content (AvgIpc) is 3.16. The Morgan fingerprint density at radius 2 is 1.89 bits per heavy atom. The van der Waals surface area contributed by atoms with E-state index in [-0.39, 0.29) is 11.8 Å². The van der Waals surface area contributed by atoms with Crippen LogP contribution in [0.2, 0.25) is 5.02 Å². The molecule has 0 spiro atoms. The fourth-order valence-corrected chi connectivity index (χ4v) is 2.95. The molecular formula is C21H22ClN3O2. The molecule has 2 aromatic carbocycles. The van der Waals surface area contributed by atoms with E-state index in [1.807, 2.05) is 38.1 Å². The number of aromatic nitrogens is 2. The summed E-state index contributed by atoms with van der Waals surface area (Å²) in [6.45, 7) is 6.11. The molecule has 0 fully saturated rings. The van der Waals surface area contributed by atoms with Crippen molar-refractivity contribution in [2.45, 2.75) is 33.2 Å². The molecule has 0 aliphatic heterocycles. The fraction of sp³-hybridized carbons (Fsp3) is 0.286. The van der Waals surface area contributed by atoms with Gasteiger partial charge in [0.25, 0.3) is 5.91 Å². The topological polar surface area (TPSA) is 68.0 Å². The zero-order chi connectivity index (χ0) is 19.4. The lowest BCUT2D eigenvalue weighted by molar-refractivity contribution is 0.0910. The quantitative estimate of drug-likeness (QED) is 0.633. The number of rotatable bonds is 6. The highest BCUT2D eigenvalue weighted by Crippen LogP contribution is 2.27. The van der Waals surface area contributed by atoms with Crippen molar-refractivity contribution in [1.82, 2.24) is 15.5 Å². The minimum absolute atomic E-state index is 0.114. The molecule has 27 heavy (non-hydrogen) atoms. The number of benzene rings is 2. The third-order valence-electron chi connectivity index (χ3n) is 4.64. The van der Waals surface area contributed by atoms with Crippen LogP contribution in [0.5, 0.6) is 0 Å². The van der Waals surface area contributed by atoms with Crippen LogP contribution >= 0.6 is 11.6 Å². The van der Waals surface area contributed by atoms with Crippen molar-refractivity contribution in [3.63, 3.8) is 0 Å². The van der Waals surface area contributed by atoms with Crippen LogP contribution in [0.25, 0.3) is 11.4 Å². The molecule has 0 aliphatic rings. The number of hydrogen-bond donors (Lipinski definition) is 1. The third kappa shape index (κ3) is 4.37. The van der Waals surface area contributed by atoms with Gasteiger partial charge in [-0.25, -0.2) is 0 Å². The number of aryl methyl sites for hydroxylation is 1. The summed E-state index contributed by atoms with van der Waals surface area (Å²) in [7, 11) is 0. The Morgan fingerprint density at radius 1 is 1.19 bits per heavy atom. The Labute approximate surface area is 163 Å². The average molecular weight is 384 g/mol. The smallest absolute Gasteiger partial charge is 0.253 e.